The lowest BCUT2D eigenvalue weighted by Crippen LogP contribution is -3.00. The van der Waals surface area contributed by atoms with Crippen molar-refractivity contribution >= 4 is 22.7 Å². The third kappa shape index (κ3) is 3.76. The monoisotopic (exact) mass is 430 g/mol. The van der Waals surface area contributed by atoms with E-state index >= 15 is 0 Å². The van der Waals surface area contributed by atoms with Crippen molar-refractivity contribution in [2.24, 2.45) is 0 Å². The van der Waals surface area contributed by atoms with Gasteiger partial charge in [0.2, 0.25) is 0 Å². The Morgan fingerprint density at radius 2 is 1.36 bits per heavy atom. The molecular formula is C21H19BrOS2. The lowest BCUT2D eigenvalue weighted by Gasteiger charge is -2.18. The van der Waals surface area contributed by atoms with Crippen LogP contribution in [-0.2, 0) is 10.9 Å². The summed E-state index contributed by atoms with van der Waals surface area (Å²) < 4.78 is 5.74. The summed E-state index contributed by atoms with van der Waals surface area (Å²) in [4.78, 5) is 6.92. The summed E-state index contributed by atoms with van der Waals surface area (Å²) in [6, 6.07) is 26.2. The Balaban J connectivity index is 0.00000182. The molecule has 0 bridgehead atoms. The molecule has 0 unspecified atom stereocenters. The minimum atomic E-state index is -0.0483. The van der Waals surface area contributed by atoms with Crippen LogP contribution in [0.15, 0.2) is 97.3 Å². The number of ether oxygens (including phenoxy) is 1. The summed E-state index contributed by atoms with van der Waals surface area (Å²) in [5, 5.41) is 0. The van der Waals surface area contributed by atoms with Crippen molar-refractivity contribution in [3.05, 3.63) is 72.8 Å². The molecule has 4 heteroatoms. The first-order chi connectivity index (χ1) is 11.9. The average Bonchev–Trinajstić information content (AvgIpc) is 2.65. The van der Waals surface area contributed by atoms with Gasteiger partial charge in [-0.3, -0.25) is 0 Å². The van der Waals surface area contributed by atoms with Crippen LogP contribution in [0.1, 0.15) is 13.3 Å². The molecule has 4 rings (SSSR count). The highest BCUT2D eigenvalue weighted by molar-refractivity contribution is 8.04. The molecule has 0 amide bonds. The van der Waals surface area contributed by atoms with Crippen LogP contribution in [0, 0.1) is 0 Å². The van der Waals surface area contributed by atoms with Crippen LogP contribution in [-0.4, -0.2) is 6.61 Å². The summed E-state index contributed by atoms with van der Waals surface area (Å²) in [6.07, 6.45) is 1.03. The molecule has 1 aliphatic heterocycles. The quantitative estimate of drug-likeness (QED) is 0.460. The van der Waals surface area contributed by atoms with Gasteiger partial charge in [-0.1, -0.05) is 43.0 Å². The maximum atomic E-state index is 5.74. The summed E-state index contributed by atoms with van der Waals surface area (Å²) in [6.45, 7) is 2.90. The molecule has 3 aromatic rings. The normalized spacial score (nSPS) is 12.7. The van der Waals surface area contributed by atoms with Gasteiger partial charge in [-0.15, -0.1) is 0 Å². The van der Waals surface area contributed by atoms with Crippen LogP contribution in [0.3, 0.4) is 0 Å². The minimum Gasteiger partial charge on any atom is -1.00 e. The smallest absolute Gasteiger partial charge is 0.180 e. The second-order valence-corrected chi connectivity index (χ2v) is 8.67. The molecule has 1 heterocycles. The molecular weight excluding hydrogens is 412 g/mol. The van der Waals surface area contributed by atoms with Crippen molar-refractivity contribution in [3.8, 4) is 5.75 Å². The van der Waals surface area contributed by atoms with Crippen molar-refractivity contribution in [2.45, 2.75) is 37.8 Å². The number of fused-ring (bicyclic) bond motifs is 2. The Kier molecular flexibility index (Phi) is 6.15. The highest BCUT2D eigenvalue weighted by Gasteiger charge is 2.37. The SMILES string of the molecule is CCCOc1ccc([S+]2c3ccccc3Sc3ccccc32)cc1.[Br-]. The van der Waals surface area contributed by atoms with Gasteiger partial charge in [0, 0.05) is 0 Å². The van der Waals surface area contributed by atoms with Gasteiger partial charge in [0.15, 0.2) is 14.7 Å². The highest BCUT2D eigenvalue weighted by Crippen LogP contribution is 2.48. The Morgan fingerprint density at radius 1 is 0.800 bits per heavy atom. The van der Waals surface area contributed by atoms with E-state index in [1.54, 1.807) is 0 Å². The van der Waals surface area contributed by atoms with E-state index in [0.29, 0.717) is 0 Å². The van der Waals surface area contributed by atoms with Gasteiger partial charge in [0.05, 0.1) is 16.4 Å². The summed E-state index contributed by atoms with van der Waals surface area (Å²) in [7, 11) is -0.0483. The van der Waals surface area contributed by atoms with E-state index in [-0.39, 0.29) is 27.9 Å². The van der Waals surface area contributed by atoms with E-state index in [1.807, 2.05) is 11.8 Å². The number of rotatable bonds is 4. The van der Waals surface area contributed by atoms with Gasteiger partial charge in [-0.2, -0.15) is 0 Å². The van der Waals surface area contributed by atoms with Crippen molar-refractivity contribution in [1.82, 2.24) is 0 Å². The second kappa shape index (κ2) is 8.35. The van der Waals surface area contributed by atoms with Crippen LogP contribution < -0.4 is 21.7 Å². The molecule has 25 heavy (non-hydrogen) atoms. The Morgan fingerprint density at radius 3 is 1.92 bits per heavy atom. The summed E-state index contributed by atoms with van der Waals surface area (Å²) in [5.41, 5.74) is 0. The topological polar surface area (TPSA) is 9.23 Å². The van der Waals surface area contributed by atoms with Gasteiger partial charge in [-0.05, 0) is 55.0 Å². The largest absolute Gasteiger partial charge is 1.00 e. The molecule has 0 spiro atoms. The molecule has 128 valence electrons. The third-order valence-electron chi connectivity index (χ3n) is 3.89. The molecule has 0 aliphatic carbocycles. The predicted molar refractivity (Wildman–Crippen MR) is 101 cm³/mol. The molecule has 0 atom stereocenters. The Hall–Kier alpha value is -1.36. The first-order valence-electron chi connectivity index (χ1n) is 8.20. The summed E-state index contributed by atoms with van der Waals surface area (Å²) in [5.74, 6) is 0.956. The number of hydrogen-bond acceptors (Lipinski definition) is 2. The van der Waals surface area contributed by atoms with E-state index in [1.165, 1.54) is 24.5 Å². The van der Waals surface area contributed by atoms with Gasteiger partial charge in [0.1, 0.15) is 16.6 Å². The summed E-state index contributed by atoms with van der Waals surface area (Å²) >= 11 is 1.88. The molecule has 0 fully saturated rings. The highest BCUT2D eigenvalue weighted by atomic mass is 79.9. The van der Waals surface area contributed by atoms with Crippen molar-refractivity contribution < 1.29 is 21.7 Å². The standard InChI is InChI=1S/C21H19OS2.BrH/c1-2-15-22-16-11-13-17(14-12-16)24-20-9-5-3-7-18(20)23-19-8-4-6-10-21(19)24;/h3-14H,2,15H2,1H3;1H/q+1;/p-1. The van der Waals surface area contributed by atoms with Gasteiger partial charge in [-0.25, -0.2) is 0 Å². The zero-order chi connectivity index (χ0) is 16.4. The molecule has 3 aromatic carbocycles. The maximum Gasteiger partial charge on any atom is 0.180 e. The van der Waals surface area contributed by atoms with Crippen LogP contribution in [0.25, 0.3) is 0 Å². The zero-order valence-corrected chi connectivity index (χ0v) is 17.2. The fraction of sp³-hybridized carbons (Fsp3) is 0.143. The minimum absolute atomic E-state index is 0. The van der Waals surface area contributed by atoms with Crippen LogP contribution in [0.2, 0.25) is 0 Å². The molecule has 0 saturated heterocycles. The maximum absolute atomic E-state index is 5.74. The predicted octanol–water partition coefficient (Wildman–Crippen LogP) is 3.04. The van der Waals surface area contributed by atoms with E-state index in [9.17, 15) is 0 Å². The fourth-order valence-electron chi connectivity index (χ4n) is 2.79. The molecule has 0 saturated carbocycles. The molecule has 1 nitrogen and oxygen atoms in total. The van der Waals surface area contributed by atoms with E-state index < -0.39 is 0 Å². The third-order valence-corrected chi connectivity index (χ3v) is 7.64. The lowest BCUT2D eigenvalue weighted by molar-refractivity contribution is -0.00000517. The first-order valence-corrected chi connectivity index (χ1v) is 10.2. The van der Waals surface area contributed by atoms with E-state index in [4.69, 9.17) is 4.74 Å². The van der Waals surface area contributed by atoms with E-state index in [0.717, 1.165) is 18.8 Å². The van der Waals surface area contributed by atoms with Gasteiger partial charge in [0.25, 0.3) is 0 Å². The van der Waals surface area contributed by atoms with Crippen LogP contribution in [0.5, 0.6) is 5.75 Å². The van der Waals surface area contributed by atoms with Gasteiger partial charge >= 0.3 is 0 Å². The van der Waals surface area contributed by atoms with E-state index in [2.05, 4.69) is 79.7 Å². The molecule has 0 radical (unpaired) electrons. The average molecular weight is 431 g/mol. The second-order valence-electron chi connectivity index (χ2n) is 5.62. The van der Waals surface area contributed by atoms with Crippen LogP contribution >= 0.6 is 11.8 Å². The van der Waals surface area contributed by atoms with Crippen molar-refractivity contribution in [3.63, 3.8) is 0 Å². The fourth-order valence-corrected chi connectivity index (χ4v) is 6.53. The molecule has 1 aliphatic rings. The molecule has 0 aromatic heterocycles. The van der Waals surface area contributed by atoms with Crippen LogP contribution in [0.4, 0.5) is 0 Å². The first kappa shape index (κ1) is 18.4. The molecule has 0 N–H and O–H groups in total. The Bertz CT molecular complexity index is 803. The van der Waals surface area contributed by atoms with Crippen molar-refractivity contribution in [2.75, 3.05) is 6.61 Å². The van der Waals surface area contributed by atoms with Gasteiger partial charge < -0.3 is 21.7 Å². The number of hydrogen-bond donors (Lipinski definition) is 0. The number of halogens is 1. The number of benzene rings is 3. The zero-order valence-electron chi connectivity index (χ0n) is 13.9. The Labute approximate surface area is 166 Å². The van der Waals surface area contributed by atoms with Crippen molar-refractivity contribution in [1.29, 1.82) is 0 Å². The lowest BCUT2D eigenvalue weighted by atomic mass is 10.3.